The van der Waals surface area contributed by atoms with Crippen molar-refractivity contribution in [2.45, 2.75) is 56.7 Å². The van der Waals surface area contributed by atoms with Crippen LogP contribution in [0, 0.1) is 0 Å². The van der Waals surface area contributed by atoms with Crippen LogP contribution in [0.15, 0.2) is 29.2 Å². The molecule has 2 rings (SSSR count). The van der Waals surface area contributed by atoms with Crippen molar-refractivity contribution in [2.75, 3.05) is 6.54 Å². The fourth-order valence-corrected chi connectivity index (χ4v) is 3.78. The van der Waals surface area contributed by atoms with E-state index in [1.165, 1.54) is 0 Å². The molecule has 0 saturated carbocycles. The molecule has 0 bridgehead atoms. The Kier molecular flexibility index (Phi) is 7.12. The van der Waals surface area contributed by atoms with Gasteiger partial charge in [-0.25, -0.2) is 13.1 Å². The van der Waals surface area contributed by atoms with Gasteiger partial charge in [-0.2, -0.15) is 0 Å². The monoisotopic (exact) mass is 348 g/mol. The molecule has 1 saturated heterocycles. The highest BCUT2D eigenvalue weighted by Gasteiger charge is 2.24. The minimum atomic E-state index is -3.46. The van der Waals surface area contributed by atoms with Gasteiger partial charge in [-0.1, -0.05) is 0 Å². The first-order valence-electron chi connectivity index (χ1n) is 7.39. The zero-order valence-electron chi connectivity index (χ0n) is 13.2. The Bertz CT molecular complexity index is 561. The third-order valence-corrected chi connectivity index (χ3v) is 4.99. The smallest absolute Gasteiger partial charge is 0.240 e. The van der Waals surface area contributed by atoms with Gasteiger partial charge in [0.1, 0.15) is 5.75 Å². The maximum Gasteiger partial charge on any atom is 0.240 e. The van der Waals surface area contributed by atoms with Gasteiger partial charge in [-0.3, -0.25) is 0 Å². The fraction of sp³-hybridized carbons (Fsp3) is 0.600. The summed E-state index contributed by atoms with van der Waals surface area (Å²) in [6, 6.07) is 6.90. The van der Waals surface area contributed by atoms with Crippen molar-refractivity contribution in [1.82, 2.24) is 10.0 Å². The molecule has 1 aliphatic heterocycles. The summed E-state index contributed by atoms with van der Waals surface area (Å²) >= 11 is 0. The average Bonchev–Trinajstić information content (AvgIpc) is 2.38. The number of nitrogens with one attached hydrogen (secondary N) is 2. The van der Waals surface area contributed by atoms with E-state index in [1.807, 2.05) is 13.8 Å². The van der Waals surface area contributed by atoms with Crippen molar-refractivity contribution in [2.24, 2.45) is 0 Å². The molecular weight excluding hydrogens is 324 g/mol. The van der Waals surface area contributed by atoms with Crippen LogP contribution in [0.1, 0.15) is 33.6 Å². The second-order valence-corrected chi connectivity index (χ2v) is 7.55. The van der Waals surface area contributed by atoms with E-state index >= 15 is 0 Å². The first-order valence-corrected chi connectivity index (χ1v) is 8.87. The van der Waals surface area contributed by atoms with Gasteiger partial charge in [0.25, 0.3) is 0 Å². The van der Waals surface area contributed by atoms with E-state index in [9.17, 15) is 8.42 Å². The molecule has 1 heterocycles. The van der Waals surface area contributed by atoms with Crippen molar-refractivity contribution >= 4 is 22.4 Å². The van der Waals surface area contributed by atoms with Gasteiger partial charge in [-0.05, 0) is 64.4 Å². The molecule has 1 aromatic rings. The van der Waals surface area contributed by atoms with Gasteiger partial charge in [0.15, 0.2) is 0 Å². The van der Waals surface area contributed by atoms with E-state index in [0.29, 0.717) is 11.8 Å². The Balaban J connectivity index is 0.00000242. The molecule has 2 N–H and O–H groups in total. The van der Waals surface area contributed by atoms with Crippen molar-refractivity contribution in [3.8, 4) is 5.75 Å². The Morgan fingerprint density at radius 1 is 1.27 bits per heavy atom. The molecule has 1 aromatic carbocycles. The summed E-state index contributed by atoms with van der Waals surface area (Å²) in [4.78, 5) is 0.282. The lowest BCUT2D eigenvalue weighted by Gasteiger charge is -2.28. The summed E-state index contributed by atoms with van der Waals surface area (Å²) in [5, 5.41) is 3.31. The Hall–Kier alpha value is -0.820. The van der Waals surface area contributed by atoms with E-state index in [4.69, 9.17) is 4.74 Å². The number of benzene rings is 1. The number of hydrogen-bond acceptors (Lipinski definition) is 4. The van der Waals surface area contributed by atoms with E-state index in [2.05, 4.69) is 17.0 Å². The standard InChI is InChI=1S/C15H24N2O3S.ClH/c1-11(2)20-14-4-6-15(7-5-14)21(18,19)17-13-8-9-16-12(3)10-13;/h4-7,11-13,16-17H,8-10H2,1-3H3;1H. The van der Waals surface area contributed by atoms with Crippen LogP contribution in [-0.2, 0) is 10.0 Å². The van der Waals surface area contributed by atoms with Crippen LogP contribution < -0.4 is 14.8 Å². The molecule has 22 heavy (non-hydrogen) atoms. The fourth-order valence-electron chi connectivity index (χ4n) is 2.50. The summed E-state index contributed by atoms with van der Waals surface area (Å²) in [5.41, 5.74) is 0. The maximum absolute atomic E-state index is 12.4. The van der Waals surface area contributed by atoms with Gasteiger partial charge in [-0.15, -0.1) is 12.4 Å². The molecule has 126 valence electrons. The Morgan fingerprint density at radius 3 is 2.45 bits per heavy atom. The summed E-state index contributed by atoms with van der Waals surface area (Å²) in [5.74, 6) is 0.680. The zero-order valence-corrected chi connectivity index (χ0v) is 14.8. The quantitative estimate of drug-likeness (QED) is 0.857. The number of hydrogen-bond donors (Lipinski definition) is 2. The maximum atomic E-state index is 12.4. The molecule has 2 atom stereocenters. The van der Waals surface area contributed by atoms with Crippen molar-refractivity contribution in [1.29, 1.82) is 0 Å². The molecule has 5 nitrogen and oxygen atoms in total. The number of halogens is 1. The molecule has 0 radical (unpaired) electrons. The van der Waals surface area contributed by atoms with E-state index in [0.717, 1.165) is 19.4 Å². The van der Waals surface area contributed by atoms with Gasteiger partial charge >= 0.3 is 0 Å². The first kappa shape index (κ1) is 19.2. The Labute approximate surface area is 139 Å². The zero-order chi connectivity index (χ0) is 15.5. The molecule has 7 heteroatoms. The summed E-state index contributed by atoms with van der Waals surface area (Å²) in [6.07, 6.45) is 1.70. The summed E-state index contributed by atoms with van der Waals surface area (Å²) in [7, 11) is -3.46. The SMILES string of the molecule is CC1CC(NS(=O)(=O)c2ccc(OC(C)C)cc2)CCN1.Cl. The molecule has 0 amide bonds. The topological polar surface area (TPSA) is 67.4 Å². The summed E-state index contributed by atoms with van der Waals surface area (Å²) in [6.45, 7) is 6.78. The third-order valence-electron chi connectivity index (χ3n) is 3.45. The predicted octanol–water partition coefficient (Wildman–Crippen LogP) is 2.31. The van der Waals surface area contributed by atoms with Gasteiger partial charge in [0, 0.05) is 12.1 Å². The van der Waals surface area contributed by atoms with Gasteiger partial charge in [0.05, 0.1) is 11.0 Å². The number of rotatable bonds is 5. The molecule has 1 aliphatic rings. The van der Waals surface area contributed by atoms with Gasteiger partial charge < -0.3 is 10.1 Å². The molecule has 0 aliphatic carbocycles. The lowest BCUT2D eigenvalue weighted by atomic mass is 10.0. The van der Waals surface area contributed by atoms with Crippen molar-refractivity contribution in [3.63, 3.8) is 0 Å². The number of sulfonamides is 1. The van der Waals surface area contributed by atoms with E-state index in [1.54, 1.807) is 24.3 Å². The normalized spacial score (nSPS) is 22.2. The Morgan fingerprint density at radius 2 is 1.91 bits per heavy atom. The highest BCUT2D eigenvalue weighted by atomic mass is 35.5. The minimum absolute atomic E-state index is 0. The molecule has 2 unspecified atom stereocenters. The van der Waals surface area contributed by atoms with Crippen LogP contribution in [0.25, 0.3) is 0 Å². The van der Waals surface area contributed by atoms with Crippen molar-refractivity contribution < 1.29 is 13.2 Å². The molecule has 1 fully saturated rings. The van der Waals surface area contributed by atoms with E-state index < -0.39 is 10.0 Å². The largest absolute Gasteiger partial charge is 0.491 e. The average molecular weight is 349 g/mol. The highest BCUT2D eigenvalue weighted by molar-refractivity contribution is 7.89. The van der Waals surface area contributed by atoms with Crippen LogP contribution in [0.5, 0.6) is 5.75 Å². The van der Waals surface area contributed by atoms with Crippen LogP contribution in [0.4, 0.5) is 0 Å². The highest BCUT2D eigenvalue weighted by Crippen LogP contribution is 2.18. The molecule has 0 spiro atoms. The summed E-state index contributed by atoms with van der Waals surface area (Å²) < 4.78 is 33.1. The van der Waals surface area contributed by atoms with Crippen LogP contribution in [0.2, 0.25) is 0 Å². The predicted molar refractivity (Wildman–Crippen MR) is 90.3 cm³/mol. The van der Waals surface area contributed by atoms with Crippen LogP contribution >= 0.6 is 12.4 Å². The lowest BCUT2D eigenvalue weighted by molar-refractivity contribution is 0.242. The van der Waals surface area contributed by atoms with Gasteiger partial charge in [0.2, 0.25) is 10.0 Å². The third kappa shape index (κ3) is 5.43. The van der Waals surface area contributed by atoms with Crippen LogP contribution in [-0.4, -0.2) is 33.2 Å². The molecular formula is C15H25ClN2O3S. The number of piperidine rings is 1. The van der Waals surface area contributed by atoms with E-state index in [-0.39, 0.29) is 29.4 Å². The minimum Gasteiger partial charge on any atom is -0.491 e. The second kappa shape index (κ2) is 8.15. The first-order chi connectivity index (χ1) is 9.87. The van der Waals surface area contributed by atoms with Crippen molar-refractivity contribution in [3.05, 3.63) is 24.3 Å². The van der Waals surface area contributed by atoms with Crippen LogP contribution in [0.3, 0.4) is 0 Å². The number of ether oxygens (including phenoxy) is 1. The lowest BCUT2D eigenvalue weighted by Crippen LogP contribution is -2.46. The molecule has 0 aromatic heterocycles. The second-order valence-electron chi connectivity index (χ2n) is 5.84.